The first-order chi connectivity index (χ1) is 13.6. The number of ketones is 1. The predicted molar refractivity (Wildman–Crippen MR) is 114 cm³/mol. The zero-order chi connectivity index (χ0) is 21.3. The Morgan fingerprint density at radius 3 is 2.41 bits per heavy atom. The van der Waals surface area contributed by atoms with E-state index in [0.29, 0.717) is 20.6 Å². The Hall–Kier alpha value is -3.17. The molecule has 0 N–H and O–H groups in total. The van der Waals surface area contributed by atoms with Crippen molar-refractivity contribution >= 4 is 28.8 Å². The summed E-state index contributed by atoms with van der Waals surface area (Å²) in [5.74, 6) is 0.980. The molecule has 0 aliphatic rings. The molecule has 3 aromatic rings. The number of carbonyl (C=O) groups is 1. The maximum Gasteiger partial charge on any atom is 0.273 e. The van der Waals surface area contributed by atoms with E-state index in [4.69, 9.17) is 4.42 Å². The lowest BCUT2D eigenvalue weighted by molar-refractivity contribution is -0.120. The number of nitrogens with zero attached hydrogens (tertiary/aromatic N) is 2. The Morgan fingerprint density at radius 1 is 1.17 bits per heavy atom. The van der Waals surface area contributed by atoms with E-state index >= 15 is 0 Å². The molecule has 3 rings (SSSR count). The summed E-state index contributed by atoms with van der Waals surface area (Å²) < 4.78 is 7.77. The molecule has 6 heteroatoms. The Balaban J connectivity index is 2.47. The highest BCUT2D eigenvalue weighted by molar-refractivity contribution is 7.07. The average molecular weight is 407 g/mol. The van der Waals surface area contributed by atoms with E-state index in [2.05, 4.69) is 0 Å². The van der Waals surface area contributed by atoms with Gasteiger partial charge in [0, 0.05) is 11.5 Å². The third-order valence-electron chi connectivity index (χ3n) is 4.45. The fraction of sp³-hybridized carbons (Fsp3) is 0.261. The van der Waals surface area contributed by atoms with Gasteiger partial charge in [-0.05, 0) is 37.6 Å². The van der Waals surface area contributed by atoms with Crippen molar-refractivity contribution in [2.45, 2.75) is 34.6 Å². The highest BCUT2D eigenvalue weighted by Gasteiger charge is 2.27. The van der Waals surface area contributed by atoms with Crippen LogP contribution in [0, 0.1) is 30.6 Å². The van der Waals surface area contributed by atoms with Crippen molar-refractivity contribution < 1.29 is 9.21 Å². The van der Waals surface area contributed by atoms with Gasteiger partial charge in [-0.2, -0.15) is 5.26 Å². The van der Waals surface area contributed by atoms with Crippen LogP contribution in [0.25, 0.3) is 17.3 Å². The third-order valence-corrected chi connectivity index (χ3v) is 5.54. The van der Waals surface area contributed by atoms with Crippen molar-refractivity contribution in [1.29, 1.82) is 5.26 Å². The summed E-state index contributed by atoms with van der Waals surface area (Å²) >= 11 is 1.13. The topological polar surface area (TPSA) is 76.0 Å². The van der Waals surface area contributed by atoms with E-state index in [-0.39, 0.29) is 16.9 Å². The minimum atomic E-state index is -0.746. The summed E-state index contributed by atoms with van der Waals surface area (Å²) in [4.78, 5) is 26.3. The van der Waals surface area contributed by atoms with Crippen molar-refractivity contribution in [3.05, 3.63) is 73.0 Å². The second kappa shape index (κ2) is 7.69. The molecule has 0 bridgehead atoms. The molecule has 0 unspecified atom stereocenters. The second-order valence-corrected chi connectivity index (χ2v) is 8.89. The number of nitriles is 1. The number of thiazole rings is 1. The molecule has 0 aliphatic heterocycles. The van der Waals surface area contributed by atoms with E-state index in [0.717, 1.165) is 22.7 Å². The summed E-state index contributed by atoms with van der Waals surface area (Å²) in [6, 6.07) is 13.0. The van der Waals surface area contributed by atoms with Gasteiger partial charge in [0.1, 0.15) is 27.8 Å². The lowest BCUT2D eigenvalue weighted by Gasteiger charge is -2.15. The lowest BCUT2D eigenvalue weighted by Crippen LogP contribution is -2.33. The van der Waals surface area contributed by atoms with Gasteiger partial charge >= 0.3 is 0 Å². The molecule has 2 aromatic heterocycles. The van der Waals surface area contributed by atoms with Gasteiger partial charge in [0.2, 0.25) is 0 Å². The molecule has 0 fully saturated rings. The number of aryl methyl sites for hydroxylation is 2. The molecule has 0 amide bonds. The summed E-state index contributed by atoms with van der Waals surface area (Å²) in [7, 11) is 0. The van der Waals surface area contributed by atoms with Crippen molar-refractivity contribution in [3.63, 3.8) is 0 Å². The first-order valence-electron chi connectivity index (χ1n) is 9.18. The number of furan rings is 1. The van der Waals surface area contributed by atoms with Gasteiger partial charge in [-0.15, -0.1) is 11.3 Å². The van der Waals surface area contributed by atoms with Crippen LogP contribution >= 0.6 is 11.3 Å². The number of hydrogen-bond acceptors (Lipinski definition) is 5. The molecule has 5 nitrogen and oxygen atoms in total. The van der Waals surface area contributed by atoms with Crippen molar-refractivity contribution in [2.24, 2.45) is 5.41 Å². The molecular weight excluding hydrogens is 384 g/mol. The number of para-hydroxylation sites is 1. The number of Topliss-reactive ketones (excluding diaryl/α,β-unsaturated/α-hetero) is 1. The molecule has 2 heterocycles. The van der Waals surface area contributed by atoms with Gasteiger partial charge in [-0.25, -0.2) is 0 Å². The minimum absolute atomic E-state index is 0.0156. The Labute approximate surface area is 172 Å². The first kappa shape index (κ1) is 20.6. The van der Waals surface area contributed by atoms with Gasteiger partial charge in [0.05, 0.1) is 10.2 Å². The number of rotatable bonds is 3. The number of hydrogen-bond donors (Lipinski definition) is 0. The van der Waals surface area contributed by atoms with E-state index in [1.165, 1.54) is 4.57 Å². The summed E-state index contributed by atoms with van der Waals surface area (Å²) in [5, 5.41) is 9.80. The minimum Gasteiger partial charge on any atom is -0.462 e. The van der Waals surface area contributed by atoms with E-state index < -0.39 is 5.41 Å². The maximum atomic E-state index is 13.3. The van der Waals surface area contributed by atoms with E-state index in [9.17, 15) is 14.9 Å². The van der Waals surface area contributed by atoms with Crippen LogP contribution in [0.2, 0.25) is 0 Å². The van der Waals surface area contributed by atoms with Gasteiger partial charge in [0.25, 0.3) is 5.56 Å². The average Bonchev–Trinajstić information content (AvgIpc) is 3.19. The fourth-order valence-electron chi connectivity index (χ4n) is 2.91. The summed E-state index contributed by atoms with van der Waals surface area (Å²) in [6.45, 7) is 8.99. The van der Waals surface area contributed by atoms with Crippen LogP contribution in [0.1, 0.15) is 37.9 Å². The smallest absolute Gasteiger partial charge is 0.273 e. The fourth-order valence-corrected chi connectivity index (χ4v) is 3.99. The first-order valence-corrected chi connectivity index (χ1v) is 10.0. The van der Waals surface area contributed by atoms with E-state index in [1.54, 1.807) is 32.9 Å². The quantitative estimate of drug-likeness (QED) is 0.669. The van der Waals surface area contributed by atoms with Gasteiger partial charge in [-0.1, -0.05) is 39.0 Å². The molecule has 29 heavy (non-hydrogen) atoms. The van der Waals surface area contributed by atoms with Gasteiger partial charge in [0.15, 0.2) is 5.78 Å². The van der Waals surface area contributed by atoms with Crippen LogP contribution < -0.4 is 14.8 Å². The number of benzene rings is 1. The van der Waals surface area contributed by atoms with Crippen molar-refractivity contribution in [2.75, 3.05) is 0 Å². The Kier molecular flexibility index (Phi) is 5.45. The number of carbonyl (C=O) groups excluding carboxylic acids is 1. The predicted octanol–water partition coefficient (Wildman–Crippen LogP) is 3.23. The van der Waals surface area contributed by atoms with Crippen LogP contribution in [0.15, 0.2) is 45.6 Å². The highest BCUT2D eigenvalue weighted by Crippen LogP contribution is 2.20. The molecule has 148 valence electrons. The van der Waals surface area contributed by atoms with Crippen LogP contribution in [0.4, 0.5) is 0 Å². The van der Waals surface area contributed by atoms with Crippen LogP contribution in [0.5, 0.6) is 0 Å². The van der Waals surface area contributed by atoms with Crippen LogP contribution in [-0.4, -0.2) is 10.4 Å². The van der Waals surface area contributed by atoms with Crippen molar-refractivity contribution in [3.8, 4) is 11.8 Å². The monoisotopic (exact) mass is 406 g/mol. The zero-order valence-corrected chi connectivity index (χ0v) is 17.9. The normalized spacial score (nSPS) is 13.3. The molecule has 0 aliphatic carbocycles. The molecule has 0 spiro atoms. The molecule has 0 saturated heterocycles. The SMILES string of the molecule is Cc1ccc(/C=c2\s/c(=C(/C#N)C(=O)C(C)(C)C)n(-c3ccccc3C)c2=O)o1. The molecule has 1 aromatic carbocycles. The van der Waals surface area contributed by atoms with E-state index in [1.807, 2.05) is 50.2 Å². The maximum absolute atomic E-state index is 13.3. The van der Waals surface area contributed by atoms with Crippen LogP contribution in [0.3, 0.4) is 0 Å². The summed E-state index contributed by atoms with van der Waals surface area (Å²) in [6.07, 6.45) is 1.65. The van der Waals surface area contributed by atoms with Crippen molar-refractivity contribution in [1.82, 2.24) is 4.57 Å². The highest BCUT2D eigenvalue weighted by atomic mass is 32.1. The van der Waals surface area contributed by atoms with Gasteiger partial charge < -0.3 is 4.42 Å². The lowest BCUT2D eigenvalue weighted by atomic mass is 9.87. The molecule has 0 saturated carbocycles. The Morgan fingerprint density at radius 2 is 1.86 bits per heavy atom. The van der Waals surface area contributed by atoms with Crippen LogP contribution in [-0.2, 0) is 4.79 Å². The number of aromatic nitrogens is 1. The summed E-state index contributed by atoms with van der Waals surface area (Å²) in [5.41, 5.74) is 0.466. The zero-order valence-electron chi connectivity index (χ0n) is 17.1. The second-order valence-electron chi connectivity index (χ2n) is 7.86. The molecule has 0 radical (unpaired) electrons. The standard InChI is InChI=1S/C23H22N2O3S/c1-14-8-6-7-9-18(14)25-21(27)19(12-16-11-10-15(2)28-16)29-22(25)17(13-24)20(26)23(3,4)5/h6-12H,1-5H3/b19-12-,22-17-. The third kappa shape index (κ3) is 4.01. The largest absolute Gasteiger partial charge is 0.462 e. The van der Waals surface area contributed by atoms with Gasteiger partial charge in [-0.3, -0.25) is 14.2 Å². The molecular formula is C23H22N2O3S. The molecule has 0 atom stereocenters. The Bertz CT molecular complexity index is 1310.